The van der Waals surface area contributed by atoms with Crippen molar-refractivity contribution in [1.29, 1.82) is 0 Å². The summed E-state index contributed by atoms with van der Waals surface area (Å²) in [5, 5.41) is 0. The van der Waals surface area contributed by atoms with Crippen molar-refractivity contribution in [3.8, 4) is 0 Å². The number of carbonyl (C=O) groups excluding carboxylic acids is 1. The second-order valence-electron chi connectivity index (χ2n) is 6.03. The minimum Gasteiger partial charge on any atom is -0.331 e. The number of fused-ring (bicyclic) bond motifs is 1. The van der Waals surface area contributed by atoms with Crippen LogP contribution in [0.1, 0.15) is 33.0 Å². The molecule has 96 valence electrons. The molecule has 0 atom stereocenters. The first-order chi connectivity index (χ1) is 8.37. The smallest absolute Gasteiger partial charge is 0.140 e. The monoisotopic (exact) mass is 244 g/mol. The van der Waals surface area contributed by atoms with E-state index in [9.17, 15) is 4.79 Å². The number of aryl methyl sites for hydroxylation is 1. The van der Waals surface area contributed by atoms with Crippen LogP contribution >= 0.6 is 0 Å². The van der Waals surface area contributed by atoms with Gasteiger partial charge in [-0.05, 0) is 17.5 Å². The van der Waals surface area contributed by atoms with Gasteiger partial charge in [0.05, 0.1) is 17.5 Å². The summed E-state index contributed by atoms with van der Waals surface area (Å²) in [6.45, 7) is 6.25. The van der Waals surface area contributed by atoms with Crippen LogP contribution in [0.15, 0.2) is 24.3 Å². The summed E-state index contributed by atoms with van der Waals surface area (Å²) in [4.78, 5) is 16.5. The summed E-state index contributed by atoms with van der Waals surface area (Å²) in [7, 11) is 1.97. The van der Waals surface area contributed by atoms with Crippen LogP contribution in [0.25, 0.3) is 11.0 Å². The Balaban J connectivity index is 2.22. The van der Waals surface area contributed by atoms with Crippen LogP contribution in [0.3, 0.4) is 0 Å². The fourth-order valence-corrected chi connectivity index (χ4v) is 2.18. The maximum atomic E-state index is 12.0. The molecule has 3 nitrogen and oxygen atoms in total. The zero-order valence-corrected chi connectivity index (χ0v) is 11.5. The molecule has 18 heavy (non-hydrogen) atoms. The number of rotatable bonds is 3. The predicted octanol–water partition coefficient (Wildman–Crippen LogP) is 3.12. The minimum atomic E-state index is 0.0433. The molecule has 0 N–H and O–H groups in total. The van der Waals surface area contributed by atoms with Crippen molar-refractivity contribution in [3.63, 3.8) is 0 Å². The summed E-state index contributed by atoms with van der Waals surface area (Å²) in [5.41, 5.74) is 2.08. The van der Waals surface area contributed by atoms with Crippen molar-refractivity contribution >= 4 is 16.8 Å². The molecule has 0 aliphatic heterocycles. The van der Waals surface area contributed by atoms with E-state index in [-0.39, 0.29) is 11.2 Å². The largest absolute Gasteiger partial charge is 0.331 e. The second kappa shape index (κ2) is 4.56. The van der Waals surface area contributed by atoms with E-state index in [1.54, 1.807) is 0 Å². The van der Waals surface area contributed by atoms with Crippen molar-refractivity contribution in [2.24, 2.45) is 12.5 Å². The number of hydrogen-bond donors (Lipinski definition) is 0. The van der Waals surface area contributed by atoms with E-state index in [0.29, 0.717) is 12.8 Å². The molecule has 0 aliphatic carbocycles. The Hall–Kier alpha value is -1.64. The number of imidazole rings is 1. The van der Waals surface area contributed by atoms with Gasteiger partial charge in [-0.1, -0.05) is 32.9 Å². The van der Waals surface area contributed by atoms with E-state index in [2.05, 4.69) is 25.8 Å². The van der Waals surface area contributed by atoms with Gasteiger partial charge in [0.1, 0.15) is 11.6 Å². The van der Waals surface area contributed by atoms with Gasteiger partial charge in [0.25, 0.3) is 0 Å². The van der Waals surface area contributed by atoms with Crippen molar-refractivity contribution in [2.75, 3.05) is 0 Å². The first kappa shape index (κ1) is 12.8. The minimum absolute atomic E-state index is 0.0433. The Bertz CT molecular complexity index is 576. The van der Waals surface area contributed by atoms with Crippen LogP contribution in [-0.2, 0) is 18.3 Å². The molecule has 1 aromatic heterocycles. The average molecular weight is 244 g/mol. The van der Waals surface area contributed by atoms with Gasteiger partial charge >= 0.3 is 0 Å². The van der Waals surface area contributed by atoms with Crippen molar-refractivity contribution in [3.05, 3.63) is 30.1 Å². The van der Waals surface area contributed by atoms with Gasteiger partial charge in [-0.2, -0.15) is 0 Å². The summed E-state index contributed by atoms with van der Waals surface area (Å²) in [5.74, 6) is 1.10. The Labute approximate surface area is 108 Å². The fraction of sp³-hybridized carbons (Fsp3) is 0.467. The summed E-state index contributed by atoms with van der Waals surface area (Å²) >= 11 is 0. The molecule has 0 radical (unpaired) electrons. The Morgan fingerprint density at radius 2 is 1.94 bits per heavy atom. The third kappa shape index (κ3) is 2.78. The third-order valence-corrected chi connectivity index (χ3v) is 2.96. The average Bonchev–Trinajstić information content (AvgIpc) is 2.54. The third-order valence-electron chi connectivity index (χ3n) is 2.96. The Morgan fingerprint density at radius 3 is 2.56 bits per heavy atom. The summed E-state index contributed by atoms with van der Waals surface area (Å²) < 4.78 is 2.01. The molecule has 3 heteroatoms. The molecule has 0 saturated carbocycles. The van der Waals surface area contributed by atoms with Gasteiger partial charge in [0.2, 0.25) is 0 Å². The number of benzene rings is 1. The molecular weight excluding hydrogens is 224 g/mol. The molecule has 2 rings (SSSR count). The van der Waals surface area contributed by atoms with Crippen LogP contribution in [0.4, 0.5) is 0 Å². The van der Waals surface area contributed by atoms with E-state index in [4.69, 9.17) is 0 Å². The van der Waals surface area contributed by atoms with Crippen molar-refractivity contribution in [1.82, 2.24) is 9.55 Å². The molecule has 0 saturated heterocycles. The van der Waals surface area contributed by atoms with E-state index in [0.717, 1.165) is 16.9 Å². The molecule has 0 unspecified atom stereocenters. The number of para-hydroxylation sites is 2. The zero-order valence-electron chi connectivity index (χ0n) is 11.5. The lowest BCUT2D eigenvalue weighted by Crippen LogP contribution is -2.16. The molecule has 1 aromatic carbocycles. The molecule has 0 aliphatic rings. The van der Waals surface area contributed by atoms with Gasteiger partial charge in [0.15, 0.2) is 0 Å². The molecule has 0 amide bonds. The number of ketones is 1. The summed E-state index contributed by atoms with van der Waals surface area (Å²) in [6.07, 6.45) is 1.01. The normalized spacial score (nSPS) is 12.0. The first-order valence-corrected chi connectivity index (χ1v) is 6.29. The molecular formula is C15H20N2O. The maximum absolute atomic E-state index is 12.0. The van der Waals surface area contributed by atoms with Gasteiger partial charge in [-0.25, -0.2) is 4.98 Å². The number of Topliss-reactive ketones (excluding diaryl/α,β-unsaturated/α-hetero) is 1. The fourth-order valence-electron chi connectivity index (χ4n) is 2.18. The van der Waals surface area contributed by atoms with E-state index < -0.39 is 0 Å². The van der Waals surface area contributed by atoms with E-state index in [1.807, 2.05) is 35.9 Å². The van der Waals surface area contributed by atoms with Crippen LogP contribution in [0, 0.1) is 5.41 Å². The first-order valence-electron chi connectivity index (χ1n) is 6.29. The predicted molar refractivity (Wildman–Crippen MR) is 73.5 cm³/mol. The quantitative estimate of drug-likeness (QED) is 0.831. The van der Waals surface area contributed by atoms with Crippen LogP contribution in [-0.4, -0.2) is 15.3 Å². The lowest BCUT2D eigenvalue weighted by atomic mass is 9.89. The second-order valence-corrected chi connectivity index (χ2v) is 6.03. The lowest BCUT2D eigenvalue weighted by molar-refractivity contribution is -0.120. The molecule has 0 spiro atoms. The standard InChI is InChI=1S/C15H20N2O/c1-15(2,3)10-11(18)9-14-16-12-7-5-6-8-13(12)17(14)4/h5-8H,9-10H2,1-4H3. The van der Waals surface area contributed by atoms with Crippen molar-refractivity contribution < 1.29 is 4.79 Å². The molecule has 0 fully saturated rings. The van der Waals surface area contributed by atoms with E-state index in [1.165, 1.54) is 0 Å². The van der Waals surface area contributed by atoms with Crippen LogP contribution in [0.5, 0.6) is 0 Å². The van der Waals surface area contributed by atoms with Crippen LogP contribution < -0.4 is 0 Å². The maximum Gasteiger partial charge on any atom is 0.140 e. The highest BCUT2D eigenvalue weighted by Crippen LogP contribution is 2.21. The highest BCUT2D eigenvalue weighted by atomic mass is 16.1. The van der Waals surface area contributed by atoms with Crippen LogP contribution in [0.2, 0.25) is 0 Å². The number of carbonyl (C=O) groups is 1. The number of nitrogens with zero attached hydrogens (tertiary/aromatic N) is 2. The van der Waals surface area contributed by atoms with E-state index >= 15 is 0 Å². The lowest BCUT2D eigenvalue weighted by Gasteiger charge is -2.16. The summed E-state index contributed by atoms with van der Waals surface area (Å²) in [6, 6.07) is 7.97. The molecule has 2 aromatic rings. The van der Waals surface area contributed by atoms with Gasteiger partial charge in [-0.15, -0.1) is 0 Å². The topological polar surface area (TPSA) is 34.9 Å². The SMILES string of the molecule is Cn1c(CC(=O)CC(C)(C)C)nc2ccccc21. The number of hydrogen-bond acceptors (Lipinski definition) is 2. The molecule has 0 bridgehead atoms. The van der Waals surface area contributed by atoms with Gasteiger partial charge in [-0.3, -0.25) is 4.79 Å². The van der Waals surface area contributed by atoms with Gasteiger partial charge < -0.3 is 4.57 Å². The molecule has 1 heterocycles. The highest BCUT2D eigenvalue weighted by Gasteiger charge is 2.18. The zero-order chi connectivity index (χ0) is 13.3. The Morgan fingerprint density at radius 1 is 1.28 bits per heavy atom. The highest BCUT2D eigenvalue weighted by molar-refractivity contribution is 5.82. The van der Waals surface area contributed by atoms with Gasteiger partial charge in [0, 0.05) is 13.5 Å². The number of aromatic nitrogens is 2. The van der Waals surface area contributed by atoms with Crippen molar-refractivity contribution in [2.45, 2.75) is 33.6 Å². The Kier molecular flexibility index (Phi) is 3.24.